The summed E-state index contributed by atoms with van der Waals surface area (Å²) in [4.78, 5) is 25.7. The molecule has 5 nitrogen and oxygen atoms in total. The van der Waals surface area contributed by atoms with Crippen LogP contribution in [0.3, 0.4) is 0 Å². The van der Waals surface area contributed by atoms with E-state index in [0.29, 0.717) is 35.1 Å². The summed E-state index contributed by atoms with van der Waals surface area (Å²) in [5.74, 6) is -0.295. The summed E-state index contributed by atoms with van der Waals surface area (Å²) in [7, 11) is 0. The largest absolute Gasteiger partial charge is 0.481 e. The Bertz CT molecular complexity index is 826. The van der Waals surface area contributed by atoms with E-state index >= 15 is 0 Å². The SMILES string of the molecule is C[C@H](Oc1ccc(F)cc1)C(=O)Nc1ccc(N2CCCC2=O)c(Cl)c1. The van der Waals surface area contributed by atoms with Crippen LogP contribution in [-0.2, 0) is 9.59 Å². The third-order valence-electron chi connectivity index (χ3n) is 4.08. The lowest BCUT2D eigenvalue weighted by atomic mass is 10.2. The summed E-state index contributed by atoms with van der Waals surface area (Å²) >= 11 is 6.27. The van der Waals surface area contributed by atoms with Gasteiger partial charge in [-0.05, 0) is 55.8 Å². The average Bonchev–Trinajstić information content (AvgIpc) is 3.03. The Hall–Kier alpha value is -2.60. The van der Waals surface area contributed by atoms with Crippen molar-refractivity contribution in [2.24, 2.45) is 0 Å². The fraction of sp³-hybridized carbons (Fsp3) is 0.263. The summed E-state index contributed by atoms with van der Waals surface area (Å²) in [6, 6.07) is 10.4. The second kappa shape index (κ2) is 7.74. The van der Waals surface area contributed by atoms with E-state index < -0.39 is 6.10 Å². The molecule has 2 aromatic carbocycles. The first-order valence-corrected chi connectivity index (χ1v) is 8.65. The Balaban J connectivity index is 1.64. The smallest absolute Gasteiger partial charge is 0.265 e. The van der Waals surface area contributed by atoms with Crippen LogP contribution in [0.15, 0.2) is 42.5 Å². The van der Waals surface area contributed by atoms with Gasteiger partial charge in [0, 0.05) is 18.7 Å². The molecule has 0 radical (unpaired) electrons. The molecule has 0 saturated carbocycles. The minimum absolute atomic E-state index is 0.0463. The number of amides is 2. The van der Waals surface area contributed by atoms with Gasteiger partial charge >= 0.3 is 0 Å². The zero-order valence-corrected chi connectivity index (χ0v) is 14.9. The van der Waals surface area contributed by atoms with Crippen molar-refractivity contribution in [2.75, 3.05) is 16.8 Å². The lowest BCUT2D eigenvalue weighted by Crippen LogP contribution is -2.30. The van der Waals surface area contributed by atoms with E-state index in [1.54, 1.807) is 30.0 Å². The molecule has 7 heteroatoms. The van der Waals surface area contributed by atoms with Gasteiger partial charge in [0.2, 0.25) is 5.91 Å². The van der Waals surface area contributed by atoms with E-state index in [-0.39, 0.29) is 17.6 Å². The maximum absolute atomic E-state index is 12.9. The number of anilines is 2. The molecule has 26 heavy (non-hydrogen) atoms. The zero-order chi connectivity index (χ0) is 18.7. The van der Waals surface area contributed by atoms with Gasteiger partial charge in [-0.15, -0.1) is 0 Å². The molecule has 1 aliphatic rings. The molecule has 1 saturated heterocycles. The monoisotopic (exact) mass is 376 g/mol. The fourth-order valence-electron chi connectivity index (χ4n) is 2.72. The molecule has 1 aliphatic heterocycles. The molecule has 136 valence electrons. The first-order valence-electron chi connectivity index (χ1n) is 8.27. The molecule has 0 bridgehead atoms. The number of hydrogen-bond acceptors (Lipinski definition) is 3. The van der Waals surface area contributed by atoms with Crippen molar-refractivity contribution >= 4 is 34.8 Å². The number of nitrogens with one attached hydrogen (secondary N) is 1. The summed E-state index contributed by atoms with van der Waals surface area (Å²) in [6.45, 7) is 2.24. The third-order valence-corrected chi connectivity index (χ3v) is 4.38. The van der Waals surface area contributed by atoms with Crippen LogP contribution in [0.25, 0.3) is 0 Å². The van der Waals surface area contributed by atoms with E-state index in [1.807, 2.05) is 0 Å². The summed E-state index contributed by atoms with van der Waals surface area (Å²) in [5, 5.41) is 3.11. The second-order valence-corrected chi connectivity index (χ2v) is 6.43. The summed E-state index contributed by atoms with van der Waals surface area (Å²) in [6.07, 6.45) is 0.554. The zero-order valence-electron chi connectivity index (χ0n) is 14.2. The molecule has 1 atom stereocenters. The minimum atomic E-state index is -0.779. The van der Waals surface area contributed by atoms with Gasteiger partial charge in [-0.2, -0.15) is 0 Å². The number of halogens is 2. The second-order valence-electron chi connectivity index (χ2n) is 6.02. The maximum Gasteiger partial charge on any atom is 0.265 e. The highest BCUT2D eigenvalue weighted by molar-refractivity contribution is 6.34. The highest BCUT2D eigenvalue weighted by Gasteiger charge is 2.24. The van der Waals surface area contributed by atoms with Gasteiger partial charge < -0.3 is 15.0 Å². The number of rotatable bonds is 5. The van der Waals surface area contributed by atoms with Crippen LogP contribution in [0.4, 0.5) is 15.8 Å². The number of nitrogens with zero attached hydrogens (tertiary/aromatic N) is 1. The van der Waals surface area contributed by atoms with Crippen molar-refractivity contribution in [1.29, 1.82) is 0 Å². The molecule has 0 spiro atoms. The van der Waals surface area contributed by atoms with Crippen molar-refractivity contribution in [1.82, 2.24) is 0 Å². The molecule has 3 rings (SSSR count). The maximum atomic E-state index is 12.9. The lowest BCUT2D eigenvalue weighted by Gasteiger charge is -2.19. The lowest BCUT2D eigenvalue weighted by molar-refractivity contribution is -0.122. The van der Waals surface area contributed by atoms with Crippen LogP contribution < -0.4 is 15.0 Å². The van der Waals surface area contributed by atoms with E-state index in [0.717, 1.165) is 6.42 Å². The minimum Gasteiger partial charge on any atom is -0.481 e. The highest BCUT2D eigenvalue weighted by Crippen LogP contribution is 2.31. The predicted molar refractivity (Wildman–Crippen MR) is 98.2 cm³/mol. The van der Waals surface area contributed by atoms with Crippen LogP contribution in [0.5, 0.6) is 5.75 Å². The van der Waals surface area contributed by atoms with Gasteiger partial charge in [0.1, 0.15) is 11.6 Å². The molecule has 0 aliphatic carbocycles. The number of carbonyl (C=O) groups excluding carboxylic acids is 2. The summed E-state index contributed by atoms with van der Waals surface area (Å²) in [5.41, 5.74) is 1.15. The van der Waals surface area contributed by atoms with Crippen LogP contribution in [-0.4, -0.2) is 24.5 Å². The quantitative estimate of drug-likeness (QED) is 0.857. The molecular formula is C19H18ClFN2O3. The Labute approximate surface area is 155 Å². The van der Waals surface area contributed by atoms with Gasteiger partial charge in [0.05, 0.1) is 10.7 Å². The number of carbonyl (C=O) groups is 2. The van der Waals surface area contributed by atoms with Gasteiger partial charge in [-0.25, -0.2) is 4.39 Å². The van der Waals surface area contributed by atoms with Crippen molar-refractivity contribution in [3.63, 3.8) is 0 Å². The Morgan fingerprint density at radius 3 is 2.62 bits per heavy atom. The van der Waals surface area contributed by atoms with Crippen molar-refractivity contribution < 1.29 is 18.7 Å². The number of ether oxygens (including phenoxy) is 1. The van der Waals surface area contributed by atoms with Gasteiger partial charge in [-0.3, -0.25) is 9.59 Å². The molecular weight excluding hydrogens is 359 g/mol. The van der Waals surface area contributed by atoms with Crippen LogP contribution in [0.2, 0.25) is 5.02 Å². The van der Waals surface area contributed by atoms with Crippen molar-refractivity contribution in [3.8, 4) is 5.75 Å². The van der Waals surface area contributed by atoms with E-state index in [1.165, 1.54) is 24.3 Å². The van der Waals surface area contributed by atoms with Crippen LogP contribution >= 0.6 is 11.6 Å². The molecule has 2 amide bonds. The first-order chi connectivity index (χ1) is 12.4. The van der Waals surface area contributed by atoms with Crippen LogP contribution in [0, 0.1) is 5.82 Å². The molecule has 1 heterocycles. The van der Waals surface area contributed by atoms with E-state index in [9.17, 15) is 14.0 Å². The molecule has 1 N–H and O–H groups in total. The molecule has 0 unspecified atom stereocenters. The predicted octanol–water partition coefficient (Wildman–Crippen LogP) is 4.01. The van der Waals surface area contributed by atoms with Gasteiger partial charge in [0.15, 0.2) is 6.10 Å². The van der Waals surface area contributed by atoms with Crippen molar-refractivity contribution in [2.45, 2.75) is 25.9 Å². The van der Waals surface area contributed by atoms with E-state index in [2.05, 4.69) is 5.32 Å². The highest BCUT2D eigenvalue weighted by atomic mass is 35.5. The molecule has 0 aromatic heterocycles. The number of benzene rings is 2. The average molecular weight is 377 g/mol. The van der Waals surface area contributed by atoms with Crippen LogP contribution in [0.1, 0.15) is 19.8 Å². The Morgan fingerprint density at radius 2 is 2.00 bits per heavy atom. The third kappa shape index (κ3) is 4.14. The fourth-order valence-corrected chi connectivity index (χ4v) is 3.00. The van der Waals surface area contributed by atoms with E-state index in [4.69, 9.17) is 16.3 Å². The summed E-state index contributed by atoms with van der Waals surface area (Å²) < 4.78 is 18.4. The standard InChI is InChI=1S/C19H18ClFN2O3/c1-12(26-15-7-4-13(21)5-8-15)19(25)22-14-6-9-17(16(20)11-14)23-10-2-3-18(23)24/h4-9,11-12H,2-3,10H2,1H3,(H,22,25)/t12-/m0/s1. The van der Waals surface area contributed by atoms with Gasteiger partial charge in [0.25, 0.3) is 5.91 Å². The molecule has 2 aromatic rings. The Morgan fingerprint density at radius 1 is 1.27 bits per heavy atom. The Kier molecular flexibility index (Phi) is 5.42. The van der Waals surface area contributed by atoms with Gasteiger partial charge in [-0.1, -0.05) is 11.6 Å². The van der Waals surface area contributed by atoms with Crippen molar-refractivity contribution in [3.05, 3.63) is 53.3 Å². The molecule has 1 fully saturated rings. The number of hydrogen-bond donors (Lipinski definition) is 1. The normalized spacial score (nSPS) is 15.0. The topological polar surface area (TPSA) is 58.6 Å². The first kappa shape index (κ1) is 18.2.